The highest BCUT2D eigenvalue weighted by molar-refractivity contribution is 6.06. The number of hydrogen-bond acceptors (Lipinski definition) is 4. The monoisotopic (exact) mass is 408 g/mol. The lowest BCUT2D eigenvalue weighted by Crippen LogP contribution is -2.32. The topological polar surface area (TPSA) is 89.7 Å². The summed E-state index contributed by atoms with van der Waals surface area (Å²) < 4.78 is 53.3. The predicted molar refractivity (Wildman–Crippen MR) is 95.4 cm³/mol. The number of fused-ring (bicyclic) bond motifs is 1. The van der Waals surface area contributed by atoms with Gasteiger partial charge in [0.15, 0.2) is 11.5 Å². The van der Waals surface area contributed by atoms with Gasteiger partial charge in [0.25, 0.3) is 5.91 Å². The van der Waals surface area contributed by atoms with E-state index in [2.05, 4.69) is 25.5 Å². The number of rotatable bonds is 5. The van der Waals surface area contributed by atoms with Crippen LogP contribution in [0.4, 0.5) is 23.2 Å². The van der Waals surface area contributed by atoms with Crippen molar-refractivity contribution in [2.24, 2.45) is 0 Å². The highest BCUT2D eigenvalue weighted by Crippen LogP contribution is 2.27. The zero-order valence-corrected chi connectivity index (χ0v) is 15.0. The molecule has 0 bridgehead atoms. The van der Waals surface area contributed by atoms with Gasteiger partial charge in [-0.1, -0.05) is 0 Å². The predicted octanol–water partition coefficient (Wildman–Crippen LogP) is 2.80. The lowest BCUT2D eigenvalue weighted by Gasteiger charge is -2.24. The molecule has 1 aromatic carbocycles. The molecule has 29 heavy (non-hydrogen) atoms. The van der Waals surface area contributed by atoms with Crippen molar-refractivity contribution in [1.82, 2.24) is 25.1 Å². The molecule has 0 spiro atoms. The van der Waals surface area contributed by atoms with Gasteiger partial charge in [0.2, 0.25) is 0 Å². The second kappa shape index (κ2) is 7.66. The van der Waals surface area contributed by atoms with E-state index >= 15 is 0 Å². The van der Waals surface area contributed by atoms with Crippen LogP contribution in [0, 0.1) is 17.5 Å². The van der Waals surface area contributed by atoms with Gasteiger partial charge < -0.3 is 10.3 Å². The van der Waals surface area contributed by atoms with Crippen LogP contribution in [-0.2, 0) is 13.0 Å². The number of hydrogen-bond donors (Lipinski definition) is 3. The minimum Gasteiger partial charge on any atom is -0.340 e. The number of halogens is 4. The summed E-state index contributed by atoms with van der Waals surface area (Å²) in [4.78, 5) is 21.8. The summed E-state index contributed by atoms with van der Waals surface area (Å²) in [5, 5.41) is 8.97. The molecule has 2 aromatic heterocycles. The Kier molecular flexibility index (Phi) is 5.05. The fraction of sp³-hybridized carbons (Fsp3) is 0.278. The number of H-pyrrole nitrogens is 2. The van der Waals surface area contributed by atoms with Crippen LogP contribution >= 0.6 is 0 Å². The van der Waals surface area contributed by atoms with E-state index in [-0.39, 0.29) is 11.4 Å². The standard InChI is InChI=1S/C18H16F4N6O/c19-2-4-28-3-1-12-14(8-28)25-17(24-12)16-13(7-23-27-16)26-18(29)15-10(21)5-9(20)6-11(15)22/h5-7H,1-4,8H2,(H,23,27)(H,24,25)(H,26,29). The Morgan fingerprint density at radius 3 is 2.72 bits per heavy atom. The lowest BCUT2D eigenvalue weighted by atomic mass is 10.1. The normalized spacial score (nSPS) is 14.1. The molecular weight excluding hydrogens is 392 g/mol. The zero-order chi connectivity index (χ0) is 20.5. The molecule has 3 N–H and O–H groups in total. The van der Waals surface area contributed by atoms with E-state index in [1.807, 2.05) is 4.90 Å². The molecule has 1 amide bonds. The largest absolute Gasteiger partial charge is 0.340 e. The number of amides is 1. The highest BCUT2D eigenvalue weighted by atomic mass is 19.1. The summed E-state index contributed by atoms with van der Waals surface area (Å²) in [6, 6.07) is 0.857. The average Bonchev–Trinajstić information content (AvgIpc) is 3.27. The SMILES string of the molecule is O=C(Nc1c[nH]nc1-c1nc2c([nH]1)CCN(CCF)C2)c1c(F)cc(F)cc1F. The molecule has 0 saturated heterocycles. The molecule has 0 aliphatic carbocycles. The molecule has 1 aliphatic rings. The van der Waals surface area contributed by atoms with E-state index in [1.54, 1.807) is 0 Å². The van der Waals surface area contributed by atoms with Crippen molar-refractivity contribution < 1.29 is 22.4 Å². The van der Waals surface area contributed by atoms with E-state index < -0.39 is 35.6 Å². The molecule has 7 nitrogen and oxygen atoms in total. The molecular formula is C18H16F4N6O. The Morgan fingerprint density at radius 1 is 1.24 bits per heavy atom. The Balaban J connectivity index is 1.58. The van der Waals surface area contributed by atoms with E-state index in [0.29, 0.717) is 44.0 Å². The molecule has 152 valence electrons. The third kappa shape index (κ3) is 3.73. The Labute approximate surface area is 162 Å². The number of aromatic amines is 2. The van der Waals surface area contributed by atoms with Crippen molar-refractivity contribution in [1.29, 1.82) is 0 Å². The van der Waals surface area contributed by atoms with Gasteiger partial charge in [-0.05, 0) is 0 Å². The maximum absolute atomic E-state index is 13.9. The Hall–Kier alpha value is -3.21. The maximum atomic E-state index is 13.9. The van der Waals surface area contributed by atoms with Crippen molar-refractivity contribution in [3.63, 3.8) is 0 Å². The quantitative estimate of drug-likeness (QED) is 0.567. The minimum atomic E-state index is -1.31. The van der Waals surface area contributed by atoms with Crippen molar-refractivity contribution >= 4 is 11.6 Å². The van der Waals surface area contributed by atoms with Crippen molar-refractivity contribution in [3.05, 3.63) is 52.7 Å². The van der Waals surface area contributed by atoms with Gasteiger partial charge in [-0.2, -0.15) is 5.10 Å². The summed E-state index contributed by atoms with van der Waals surface area (Å²) >= 11 is 0. The maximum Gasteiger partial charge on any atom is 0.261 e. The van der Waals surface area contributed by atoms with Crippen LogP contribution in [0.5, 0.6) is 0 Å². The summed E-state index contributed by atoms with van der Waals surface area (Å²) in [6.07, 6.45) is 1.99. The third-order valence-corrected chi connectivity index (χ3v) is 4.66. The lowest BCUT2D eigenvalue weighted by molar-refractivity contribution is 0.101. The fourth-order valence-corrected chi connectivity index (χ4v) is 3.28. The van der Waals surface area contributed by atoms with E-state index in [4.69, 9.17) is 0 Å². The smallest absolute Gasteiger partial charge is 0.261 e. The summed E-state index contributed by atoms with van der Waals surface area (Å²) in [6.45, 7) is 1.04. The van der Waals surface area contributed by atoms with Gasteiger partial charge in [-0.3, -0.25) is 14.8 Å². The number of alkyl halides is 1. The molecule has 1 aliphatic heterocycles. The third-order valence-electron chi connectivity index (χ3n) is 4.66. The number of imidazole rings is 1. The molecule has 4 rings (SSSR count). The summed E-state index contributed by atoms with van der Waals surface area (Å²) in [5.74, 6) is -4.48. The minimum absolute atomic E-state index is 0.143. The molecule has 0 radical (unpaired) electrons. The van der Waals surface area contributed by atoms with E-state index in [0.717, 1.165) is 11.4 Å². The highest BCUT2D eigenvalue weighted by Gasteiger charge is 2.24. The van der Waals surface area contributed by atoms with Crippen LogP contribution in [0.2, 0.25) is 0 Å². The molecule has 11 heteroatoms. The van der Waals surface area contributed by atoms with Gasteiger partial charge >= 0.3 is 0 Å². The first-order valence-electron chi connectivity index (χ1n) is 8.82. The van der Waals surface area contributed by atoms with Crippen molar-refractivity contribution in [3.8, 4) is 11.5 Å². The first kappa shape index (κ1) is 19.1. The number of nitrogens with one attached hydrogen (secondary N) is 3. The zero-order valence-electron chi connectivity index (χ0n) is 15.0. The van der Waals surface area contributed by atoms with Crippen LogP contribution < -0.4 is 5.32 Å². The fourth-order valence-electron chi connectivity index (χ4n) is 3.28. The number of carbonyl (C=O) groups is 1. The van der Waals surface area contributed by atoms with Gasteiger partial charge in [-0.25, -0.2) is 22.5 Å². The second-order valence-corrected chi connectivity index (χ2v) is 6.57. The van der Waals surface area contributed by atoms with E-state index in [1.165, 1.54) is 6.20 Å². The van der Waals surface area contributed by atoms with Crippen molar-refractivity contribution in [2.45, 2.75) is 13.0 Å². The van der Waals surface area contributed by atoms with Crippen molar-refractivity contribution in [2.75, 3.05) is 25.1 Å². The first-order chi connectivity index (χ1) is 14.0. The molecule has 0 fully saturated rings. The number of aromatic nitrogens is 4. The van der Waals surface area contributed by atoms with Crippen LogP contribution in [0.3, 0.4) is 0 Å². The number of anilines is 1. The van der Waals surface area contributed by atoms with Crippen LogP contribution in [0.25, 0.3) is 11.5 Å². The van der Waals surface area contributed by atoms with Crippen LogP contribution in [0.1, 0.15) is 21.7 Å². The number of carbonyl (C=O) groups excluding carboxylic acids is 1. The summed E-state index contributed by atoms with van der Waals surface area (Å²) in [7, 11) is 0. The van der Waals surface area contributed by atoms with Gasteiger partial charge in [0.05, 0.1) is 11.4 Å². The molecule has 0 unspecified atom stereocenters. The van der Waals surface area contributed by atoms with E-state index in [9.17, 15) is 22.4 Å². The molecule has 0 atom stereocenters. The Morgan fingerprint density at radius 2 is 2.00 bits per heavy atom. The summed E-state index contributed by atoms with van der Waals surface area (Å²) in [5.41, 5.74) is 1.11. The van der Waals surface area contributed by atoms with Gasteiger partial charge in [0, 0.05) is 50.1 Å². The van der Waals surface area contributed by atoms with Crippen LogP contribution in [-0.4, -0.2) is 50.7 Å². The number of nitrogens with zero attached hydrogens (tertiary/aromatic N) is 3. The second-order valence-electron chi connectivity index (χ2n) is 6.57. The average molecular weight is 408 g/mol. The molecule has 3 aromatic rings. The van der Waals surface area contributed by atoms with Crippen LogP contribution in [0.15, 0.2) is 18.3 Å². The molecule has 3 heterocycles. The molecule has 0 saturated carbocycles. The van der Waals surface area contributed by atoms with Gasteiger partial charge in [-0.15, -0.1) is 0 Å². The van der Waals surface area contributed by atoms with Gasteiger partial charge in [0.1, 0.15) is 29.7 Å². The number of benzene rings is 1. The Bertz CT molecular complexity index is 1040. The first-order valence-corrected chi connectivity index (χ1v) is 8.82.